The van der Waals surface area contributed by atoms with Crippen LogP contribution in [0.25, 0.3) is 22.3 Å². The molecule has 16 nitrogen and oxygen atoms in total. The zero-order valence-electron chi connectivity index (χ0n) is 22.0. The van der Waals surface area contributed by atoms with Crippen molar-refractivity contribution in [1.82, 2.24) is 0 Å². The van der Waals surface area contributed by atoms with Gasteiger partial charge >= 0.3 is 0 Å². The summed E-state index contributed by atoms with van der Waals surface area (Å²) in [7, 11) is 0. The maximum atomic E-state index is 13.3. The zero-order valence-corrected chi connectivity index (χ0v) is 22.0. The van der Waals surface area contributed by atoms with Crippen molar-refractivity contribution in [1.29, 1.82) is 0 Å². The van der Waals surface area contributed by atoms with Gasteiger partial charge in [-0.15, -0.1) is 0 Å². The van der Waals surface area contributed by atoms with E-state index in [-0.39, 0.29) is 16.9 Å². The molecule has 0 saturated carbocycles. The summed E-state index contributed by atoms with van der Waals surface area (Å²) in [4.78, 5) is 13.3. The summed E-state index contributed by atoms with van der Waals surface area (Å²) in [5.41, 5.74) is -1.56. The van der Waals surface area contributed by atoms with Gasteiger partial charge in [0.05, 0.1) is 18.8 Å². The Balaban J connectivity index is 1.69. The van der Waals surface area contributed by atoms with Crippen molar-refractivity contribution in [2.45, 2.75) is 61.2 Å². The highest BCUT2D eigenvalue weighted by molar-refractivity contribution is 5.88. The summed E-state index contributed by atoms with van der Waals surface area (Å²) >= 11 is 0. The lowest BCUT2D eigenvalue weighted by molar-refractivity contribution is -0.278. The highest BCUT2D eigenvalue weighted by Gasteiger charge is 2.48. The van der Waals surface area contributed by atoms with Gasteiger partial charge in [-0.2, -0.15) is 0 Å². The van der Waals surface area contributed by atoms with E-state index in [4.69, 9.17) is 18.6 Å². The van der Waals surface area contributed by atoms with Crippen LogP contribution in [0.3, 0.4) is 0 Å². The summed E-state index contributed by atoms with van der Waals surface area (Å²) in [5, 5.41) is 112. The van der Waals surface area contributed by atoms with E-state index >= 15 is 0 Å². The smallest absolute Gasteiger partial charge is 0.229 e. The number of hydrogen-bond donors (Lipinski definition) is 11. The van der Waals surface area contributed by atoms with Gasteiger partial charge in [-0.05, 0) is 18.2 Å². The predicted molar refractivity (Wildman–Crippen MR) is 140 cm³/mol. The number of phenolic OH excluding ortho intramolecular Hbond substituents is 3. The molecule has 5 rings (SSSR count). The van der Waals surface area contributed by atoms with Gasteiger partial charge in [-0.1, -0.05) is 0 Å². The summed E-state index contributed by atoms with van der Waals surface area (Å²) in [6.07, 6.45) is -17.6. The number of benzene rings is 2. The van der Waals surface area contributed by atoms with Crippen LogP contribution in [0, 0.1) is 0 Å². The van der Waals surface area contributed by atoms with Gasteiger partial charge < -0.3 is 74.8 Å². The number of fused-ring (bicyclic) bond motifs is 1. The van der Waals surface area contributed by atoms with E-state index < -0.39 is 114 Å². The SMILES string of the molecule is O=c1cc(-c2ccc(O)c(O)c2)oc2cc(O[C@@H]3O[C@H](CO)[C@@H](O)[C@H](O)[C@H]3O)c([C@@H]3O[C@@H](CO)[C@@H](O)[C@H](O)[C@H]3O)c(O)c12. The molecule has 234 valence electrons. The van der Waals surface area contributed by atoms with E-state index in [1.54, 1.807) is 0 Å². The fraction of sp³-hybridized carbons (Fsp3) is 0.444. The zero-order chi connectivity index (χ0) is 31.3. The molecule has 10 atom stereocenters. The molecule has 2 fully saturated rings. The third kappa shape index (κ3) is 5.38. The van der Waals surface area contributed by atoms with Crippen molar-refractivity contribution in [2.75, 3.05) is 13.2 Å². The van der Waals surface area contributed by atoms with Crippen LogP contribution in [0.1, 0.15) is 11.7 Å². The minimum absolute atomic E-state index is 0.133. The van der Waals surface area contributed by atoms with Crippen molar-refractivity contribution in [3.8, 4) is 34.3 Å². The minimum atomic E-state index is -1.97. The normalized spacial score (nSPS) is 33.0. The molecule has 2 saturated heterocycles. The third-order valence-corrected chi connectivity index (χ3v) is 7.52. The molecule has 0 bridgehead atoms. The Labute approximate surface area is 241 Å². The second-order valence-electron chi connectivity index (χ2n) is 10.3. The molecule has 0 spiro atoms. The highest BCUT2D eigenvalue weighted by atomic mass is 16.7. The molecule has 43 heavy (non-hydrogen) atoms. The molecule has 16 heteroatoms. The van der Waals surface area contributed by atoms with Crippen molar-refractivity contribution < 1.29 is 74.8 Å². The predicted octanol–water partition coefficient (Wildman–Crippen LogP) is -2.73. The molecule has 0 amide bonds. The van der Waals surface area contributed by atoms with Gasteiger partial charge in [0.1, 0.15) is 83.2 Å². The number of rotatable bonds is 6. The lowest BCUT2D eigenvalue weighted by Gasteiger charge is -2.42. The largest absolute Gasteiger partial charge is 0.506 e. The Morgan fingerprint density at radius 1 is 0.721 bits per heavy atom. The quantitative estimate of drug-likeness (QED) is 0.126. The van der Waals surface area contributed by atoms with E-state index in [1.165, 1.54) is 6.07 Å². The van der Waals surface area contributed by atoms with Gasteiger partial charge in [0.15, 0.2) is 16.9 Å². The third-order valence-electron chi connectivity index (χ3n) is 7.52. The molecule has 0 radical (unpaired) electrons. The van der Waals surface area contributed by atoms with E-state index in [2.05, 4.69) is 0 Å². The molecule has 2 aliphatic heterocycles. The molecule has 3 aromatic rings. The van der Waals surface area contributed by atoms with Gasteiger partial charge in [0, 0.05) is 17.7 Å². The van der Waals surface area contributed by atoms with Crippen molar-refractivity contribution in [3.63, 3.8) is 0 Å². The fourth-order valence-corrected chi connectivity index (χ4v) is 5.12. The van der Waals surface area contributed by atoms with E-state index in [0.717, 1.165) is 24.3 Å². The van der Waals surface area contributed by atoms with Gasteiger partial charge in [0.25, 0.3) is 0 Å². The molecule has 2 aromatic carbocycles. The van der Waals surface area contributed by atoms with Gasteiger partial charge in [0.2, 0.25) is 6.29 Å². The summed E-state index contributed by atoms with van der Waals surface area (Å²) in [6, 6.07) is 5.56. The number of aromatic hydroxyl groups is 3. The van der Waals surface area contributed by atoms with Crippen LogP contribution in [0.4, 0.5) is 0 Å². The summed E-state index contributed by atoms with van der Waals surface area (Å²) in [6.45, 7) is -1.63. The first-order chi connectivity index (χ1) is 20.4. The number of hydrogen-bond acceptors (Lipinski definition) is 16. The van der Waals surface area contributed by atoms with E-state index in [9.17, 15) is 61.0 Å². The molecule has 2 aliphatic rings. The molecular formula is C27H30O16. The lowest BCUT2D eigenvalue weighted by atomic mass is 9.89. The first-order valence-electron chi connectivity index (χ1n) is 13.0. The number of phenols is 3. The van der Waals surface area contributed by atoms with Crippen LogP contribution in [0.5, 0.6) is 23.0 Å². The topological polar surface area (TPSA) is 280 Å². The Morgan fingerprint density at radius 3 is 1.98 bits per heavy atom. The molecular weight excluding hydrogens is 580 g/mol. The highest BCUT2D eigenvalue weighted by Crippen LogP contribution is 2.46. The molecule has 0 unspecified atom stereocenters. The van der Waals surface area contributed by atoms with Crippen LogP contribution in [-0.2, 0) is 9.47 Å². The monoisotopic (exact) mass is 610 g/mol. The molecule has 0 aliphatic carbocycles. The average molecular weight is 611 g/mol. The standard InChI is InChI=1S/C27H30O16/c28-6-15-19(33)22(36)24(38)26(41-15)18-14(42-27-25(39)23(37)20(34)16(7-29)43-27)5-13-17(21(18)35)11(32)4-12(40-13)8-1-2-9(30)10(31)3-8/h1-5,15-16,19-20,22-31,33-39H,6-7H2/t15-,16+,19+,20+,22-,23-,24+,25+,26-,27+/m0/s1. The lowest BCUT2D eigenvalue weighted by Crippen LogP contribution is -2.60. The first kappa shape index (κ1) is 30.9. The van der Waals surface area contributed by atoms with Crippen molar-refractivity contribution in [2.24, 2.45) is 0 Å². The molecule has 11 N–H and O–H groups in total. The maximum absolute atomic E-state index is 13.3. The van der Waals surface area contributed by atoms with Crippen LogP contribution in [0.15, 0.2) is 39.5 Å². The Kier molecular flexibility index (Phi) is 8.52. The van der Waals surface area contributed by atoms with Crippen molar-refractivity contribution >= 4 is 11.0 Å². The number of aliphatic hydroxyl groups is 8. The van der Waals surface area contributed by atoms with Crippen LogP contribution in [-0.4, -0.2) is 125 Å². The Hall–Kier alpha value is -3.55. The summed E-state index contributed by atoms with van der Waals surface area (Å²) in [5.74, 6) is -2.49. The average Bonchev–Trinajstić information content (AvgIpc) is 2.98. The van der Waals surface area contributed by atoms with E-state index in [0.29, 0.717) is 0 Å². The molecule has 3 heterocycles. The van der Waals surface area contributed by atoms with Gasteiger partial charge in [-0.3, -0.25) is 4.79 Å². The van der Waals surface area contributed by atoms with Crippen LogP contribution < -0.4 is 10.2 Å². The second kappa shape index (κ2) is 11.9. The number of aliphatic hydroxyl groups excluding tert-OH is 8. The first-order valence-corrected chi connectivity index (χ1v) is 13.0. The summed E-state index contributed by atoms with van der Waals surface area (Å²) < 4.78 is 22.5. The Morgan fingerprint density at radius 2 is 1.35 bits per heavy atom. The minimum Gasteiger partial charge on any atom is -0.506 e. The Bertz CT molecular complexity index is 1540. The molecule has 1 aromatic heterocycles. The fourth-order valence-electron chi connectivity index (χ4n) is 5.12. The number of ether oxygens (including phenoxy) is 3. The van der Waals surface area contributed by atoms with Crippen LogP contribution in [0.2, 0.25) is 0 Å². The van der Waals surface area contributed by atoms with Crippen molar-refractivity contribution in [3.05, 3.63) is 46.1 Å². The van der Waals surface area contributed by atoms with Crippen LogP contribution >= 0.6 is 0 Å². The van der Waals surface area contributed by atoms with Gasteiger partial charge in [-0.25, -0.2) is 0 Å². The maximum Gasteiger partial charge on any atom is 0.229 e. The van der Waals surface area contributed by atoms with E-state index in [1.807, 2.05) is 0 Å². The second-order valence-corrected chi connectivity index (χ2v) is 10.3.